The maximum absolute atomic E-state index is 6.26. The summed E-state index contributed by atoms with van der Waals surface area (Å²) in [6.07, 6.45) is 14.5. The van der Waals surface area contributed by atoms with Gasteiger partial charge in [-0.05, 0) is 48.9 Å². The number of benzene rings is 1. The third kappa shape index (κ3) is 9.36. The van der Waals surface area contributed by atoms with Crippen molar-refractivity contribution in [2.45, 2.75) is 117 Å². The van der Waals surface area contributed by atoms with Crippen molar-refractivity contribution in [3.8, 4) is 0 Å². The number of rotatable bonds is 19. The van der Waals surface area contributed by atoms with Crippen molar-refractivity contribution >= 4 is 34.5 Å². The van der Waals surface area contributed by atoms with Crippen LogP contribution >= 0.6 is 24.4 Å². The van der Waals surface area contributed by atoms with Crippen molar-refractivity contribution in [3.63, 3.8) is 0 Å². The van der Waals surface area contributed by atoms with E-state index < -0.39 is 0 Å². The largest absolute Gasteiger partial charge is 0.350 e. The van der Waals surface area contributed by atoms with Crippen LogP contribution in [0, 0.1) is 11.8 Å². The van der Waals surface area contributed by atoms with Crippen molar-refractivity contribution in [2.24, 2.45) is 11.8 Å². The molecular weight excluding hydrogens is 478 g/mol. The molecule has 1 aliphatic heterocycles. The molecule has 1 heterocycles. The van der Waals surface area contributed by atoms with E-state index in [9.17, 15) is 0 Å². The minimum atomic E-state index is -0.256. The predicted molar refractivity (Wildman–Crippen MR) is 166 cm³/mol. The third-order valence-electron chi connectivity index (χ3n) is 8.01. The number of unbranched alkanes of at least 4 members (excludes halogenated alkanes) is 3. The summed E-state index contributed by atoms with van der Waals surface area (Å²) in [6.45, 7) is 14.7. The fourth-order valence-electron chi connectivity index (χ4n) is 5.56. The lowest BCUT2D eigenvalue weighted by atomic mass is 9.86. The topological polar surface area (TPSA) is 18.5 Å². The van der Waals surface area contributed by atoms with Gasteiger partial charge in [-0.25, -0.2) is 0 Å². The normalized spacial score (nSPS) is 19.7. The van der Waals surface area contributed by atoms with Gasteiger partial charge in [0.25, 0.3) is 0 Å². The summed E-state index contributed by atoms with van der Waals surface area (Å²) >= 11 is 12.2. The van der Waals surface area contributed by atoms with E-state index in [2.05, 4.69) is 80.1 Å². The van der Waals surface area contributed by atoms with Crippen molar-refractivity contribution in [3.05, 3.63) is 35.9 Å². The first-order valence-electron chi connectivity index (χ1n) is 14.8. The highest BCUT2D eigenvalue weighted by molar-refractivity contribution is 7.82. The van der Waals surface area contributed by atoms with Gasteiger partial charge in [-0.15, -0.1) is 0 Å². The second-order valence-electron chi connectivity index (χ2n) is 11.0. The minimum absolute atomic E-state index is 0.256. The van der Waals surface area contributed by atoms with Crippen LogP contribution in [0.3, 0.4) is 0 Å². The fraction of sp³-hybridized carbons (Fsp3) is 0.742. The molecular formula is C31H53N3S2. The highest BCUT2D eigenvalue weighted by atomic mass is 32.1. The first-order chi connectivity index (χ1) is 17.4. The van der Waals surface area contributed by atoms with Crippen LogP contribution in [-0.2, 0) is 6.42 Å². The molecule has 0 bridgehead atoms. The molecule has 5 heteroatoms. The maximum Gasteiger partial charge on any atom is 0.175 e. The van der Waals surface area contributed by atoms with Crippen LogP contribution in [0.4, 0.5) is 0 Å². The molecule has 1 aromatic rings. The summed E-state index contributed by atoms with van der Waals surface area (Å²) in [5.41, 5.74) is 1.06. The van der Waals surface area contributed by atoms with E-state index in [-0.39, 0.29) is 5.54 Å². The van der Waals surface area contributed by atoms with Crippen molar-refractivity contribution in [2.75, 3.05) is 19.8 Å². The summed E-state index contributed by atoms with van der Waals surface area (Å²) in [4.78, 5) is 5.95. The van der Waals surface area contributed by atoms with E-state index in [1.807, 2.05) is 0 Å². The van der Waals surface area contributed by atoms with Crippen LogP contribution < -0.4 is 5.32 Å². The predicted octanol–water partition coefficient (Wildman–Crippen LogP) is 8.37. The van der Waals surface area contributed by atoms with Gasteiger partial charge in [0.1, 0.15) is 4.99 Å². The lowest BCUT2D eigenvalue weighted by molar-refractivity contribution is 0.153. The Bertz CT molecular complexity index is 750. The lowest BCUT2D eigenvalue weighted by Crippen LogP contribution is -2.49. The van der Waals surface area contributed by atoms with E-state index in [1.54, 1.807) is 0 Å². The smallest absolute Gasteiger partial charge is 0.175 e. The van der Waals surface area contributed by atoms with Crippen LogP contribution in [0.15, 0.2) is 30.3 Å². The van der Waals surface area contributed by atoms with E-state index >= 15 is 0 Å². The highest BCUT2D eigenvalue weighted by Gasteiger charge is 2.45. The lowest BCUT2D eigenvalue weighted by Gasteiger charge is -2.35. The number of hydrogen-bond acceptors (Lipinski definition) is 3. The molecule has 1 aliphatic rings. The Morgan fingerprint density at radius 2 is 1.39 bits per heavy atom. The second-order valence-corrected chi connectivity index (χ2v) is 11.8. The Kier molecular flexibility index (Phi) is 14.5. The van der Waals surface area contributed by atoms with Crippen molar-refractivity contribution in [1.82, 2.24) is 15.1 Å². The Balaban J connectivity index is 2.25. The van der Waals surface area contributed by atoms with Crippen LogP contribution in [0.2, 0.25) is 0 Å². The molecule has 0 radical (unpaired) electrons. The van der Waals surface area contributed by atoms with Crippen LogP contribution in [0.5, 0.6) is 0 Å². The van der Waals surface area contributed by atoms with E-state index in [0.717, 1.165) is 67.4 Å². The molecule has 0 aromatic heterocycles. The summed E-state index contributed by atoms with van der Waals surface area (Å²) in [7, 11) is 0. The molecule has 1 fully saturated rings. The highest BCUT2D eigenvalue weighted by Crippen LogP contribution is 2.30. The standard InChI is InChI=1S/C31H53N3S2/c1-6-11-17-26(9-4)23-33(24-27(10-5)18-12-7-2)25-34-29(35)31(21-13-8-3,32-30(34)36)22-28-19-15-14-16-20-28/h14-16,19-20,26-27H,6-13,17-18,21-25H2,1-5H3,(H,32,36). The molecule has 0 aliphatic carbocycles. The van der Waals surface area contributed by atoms with E-state index in [1.165, 1.54) is 56.9 Å². The number of nitrogens with zero attached hydrogens (tertiary/aromatic N) is 2. The molecule has 0 saturated carbocycles. The third-order valence-corrected chi connectivity index (χ3v) is 8.95. The van der Waals surface area contributed by atoms with Crippen molar-refractivity contribution in [1.29, 1.82) is 0 Å². The minimum Gasteiger partial charge on any atom is -0.350 e. The summed E-state index contributed by atoms with van der Waals surface area (Å²) in [5, 5.41) is 4.57. The van der Waals surface area contributed by atoms with Gasteiger partial charge in [0.05, 0.1) is 12.2 Å². The molecule has 1 N–H and O–H groups in total. The Morgan fingerprint density at radius 1 is 0.833 bits per heavy atom. The molecule has 0 spiro atoms. The van der Waals surface area contributed by atoms with Crippen LogP contribution in [-0.4, -0.2) is 45.2 Å². The van der Waals surface area contributed by atoms with Gasteiger partial charge in [0.15, 0.2) is 5.11 Å². The van der Waals surface area contributed by atoms with Gasteiger partial charge in [-0.1, -0.05) is 129 Å². The molecule has 204 valence electrons. The first kappa shape index (κ1) is 31.2. The fourth-order valence-corrected chi connectivity index (χ4v) is 6.34. The van der Waals surface area contributed by atoms with Crippen LogP contribution in [0.1, 0.15) is 111 Å². The number of hydrogen-bond donors (Lipinski definition) is 1. The van der Waals surface area contributed by atoms with E-state index in [0.29, 0.717) is 0 Å². The zero-order valence-electron chi connectivity index (χ0n) is 23.9. The van der Waals surface area contributed by atoms with Gasteiger partial charge in [0.2, 0.25) is 0 Å². The molecule has 1 aromatic carbocycles. The molecule has 36 heavy (non-hydrogen) atoms. The van der Waals surface area contributed by atoms with Gasteiger partial charge in [0, 0.05) is 19.5 Å². The molecule has 1 saturated heterocycles. The molecule has 2 rings (SSSR count). The van der Waals surface area contributed by atoms with Gasteiger partial charge in [-0.3, -0.25) is 9.80 Å². The SMILES string of the molecule is CCCCC(CC)CN(CC(CC)CCCC)CN1C(=S)NC(CCCC)(Cc2ccccc2)C1=S. The average molecular weight is 532 g/mol. The molecule has 3 nitrogen and oxygen atoms in total. The van der Waals surface area contributed by atoms with Gasteiger partial charge >= 0.3 is 0 Å². The molecule has 3 atom stereocenters. The number of nitrogens with one attached hydrogen (secondary N) is 1. The average Bonchev–Trinajstić information content (AvgIpc) is 3.11. The zero-order chi connectivity index (χ0) is 26.4. The van der Waals surface area contributed by atoms with Crippen molar-refractivity contribution < 1.29 is 0 Å². The van der Waals surface area contributed by atoms with Crippen LogP contribution in [0.25, 0.3) is 0 Å². The number of thiocarbonyl (C=S) groups is 2. The Hall–Kier alpha value is -1.04. The van der Waals surface area contributed by atoms with E-state index in [4.69, 9.17) is 24.4 Å². The quantitative estimate of drug-likeness (QED) is 0.180. The second kappa shape index (κ2) is 16.7. The molecule has 0 amide bonds. The maximum atomic E-state index is 6.26. The summed E-state index contributed by atoms with van der Waals surface area (Å²) in [5.74, 6) is 1.47. The van der Waals surface area contributed by atoms with Gasteiger partial charge < -0.3 is 5.32 Å². The zero-order valence-corrected chi connectivity index (χ0v) is 25.5. The monoisotopic (exact) mass is 531 g/mol. The summed E-state index contributed by atoms with van der Waals surface area (Å²) < 4.78 is 0. The Morgan fingerprint density at radius 3 is 1.89 bits per heavy atom. The van der Waals surface area contributed by atoms with Gasteiger partial charge in [-0.2, -0.15) is 0 Å². The summed E-state index contributed by atoms with van der Waals surface area (Å²) in [6, 6.07) is 10.8. The molecule has 3 unspecified atom stereocenters. The Labute approximate surface area is 233 Å². The first-order valence-corrected chi connectivity index (χ1v) is 15.6.